The zero-order valence-electron chi connectivity index (χ0n) is 13.4. The molecule has 1 unspecified atom stereocenters. The number of nitrogens with zero attached hydrogens (tertiary/aromatic N) is 3. The number of pyridine rings is 1. The average molecular weight is 301 g/mol. The van der Waals surface area contributed by atoms with Crippen molar-refractivity contribution in [3.05, 3.63) is 77.4 Å². The van der Waals surface area contributed by atoms with Crippen molar-refractivity contribution in [3.63, 3.8) is 0 Å². The first kappa shape index (κ1) is 13.9. The summed E-state index contributed by atoms with van der Waals surface area (Å²) in [5, 5.41) is 0. The number of dihydropyridines is 1. The Balaban J connectivity index is 1.78. The highest BCUT2D eigenvalue weighted by molar-refractivity contribution is 5.82. The molecule has 3 heterocycles. The van der Waals surface area contributed by atoms with Gasteiger partial charge in [-0.3, -0.25) is 9.98 Å². The molecule has 0 saturated heterocycles. The second-order valence-electron chi connectivity index (χ2n) is 6.09. The zero-order chi connectivity index (χ0) is 15.8. The summed E-state index contributed by atoms with van der Waals surface area (Å²) in [5.41, 5.74) is 7.33. The Morgan fingerprint density at radius 1 is 1.22 bits per heavy atom. The number of aryl methyl sites for hydroxylation is 1. The van der Waals surface area contributed by atoms with Crippen LogP contribution in [0.3, 0.4) is 0 Å². The lowest BCUT2D eigenvalue weighted by atomic mass is 9.97. The molecule has 0 fully saturated rings. The van der Waals surface area contributed by atoms with E-state index in [4.69, 9.17) is 0 Å². The first-order valence-electron chi connectivity index (χ1n) is 7.93. The van der Waals surface area contributed by atoms with Gasteiger partial charge in [-0.2, -0.15) is 0 Å². The minimum Gasteiger partial charge on any atom is -0.320 e. The first-order valence-corrected chi connectivity index (χ1v) is 7.93. The van der Waals surface area contributed by atoms with Crippen LogP contribution in [0, 0.1) is 6.92 Å². The van der Waals surface area contributed by atoms with E-state index in [1.807, 2.05) is 19.3 Å². The summed E-state index contributed by atoms with van der Waals surface area (Å²) in [7, 11) is 0. The second kappa shape index (κ2) is 5.51. The topological polar surface area (TPSA) is 28.5 Å². The molecule has 114 valence electrons. The van der Waals surface area contributed by atoms with E-state index < -0.39 is 0 Å². The van der Waals surface area contributed by atoms with Crippen molar-refractivity contribution in [1.29, 1.82) is 0 Å². The van der Waals surface area contributed by atoms with Crippen LogP contribution < -0.4 is 4.90 Å². The number of aliphatic imine (C=N–C) groups is 1. The fourth-order valence-electron chi connectivity index (χ4n) is 3.26. The second-order valence-corrected chi connectivity index (χ2v) is 6.09. The van der Waals surface area contributed by atoms with Crippen LogP contribution in [0.25, 0.3) is 5.57 Å². The van der Waals surface area contributed by atoms with Crippen molar-refractivity contribution < 1.29 is 0 Å². The Morgan fingerprint density at radius 2 is 2.09 bits per heavy atom. The fraction of sp³-hybridized carbons (Fsp3) is 0.200. The van der Waals surface area contributed by atoms with Crippen LogP contribution in [0.4, 0.5) is 5.69 Å². The van der Waals surface area contributed by atoms with E-state index >= 15 is 0 Å². The van der Waals surface area contributed by atoms with Crippen molar-refractivity contribution >= 4 is 17.5 Å². The fourth-order valence-corrected chi connectivity index (χ4v) is 3.26. The SMILES string of the molecule is CC(=CN1C2=CC=NCC2c2ccccc21)c1ccc(C)nc1. The Kier molecular flexibility index (Phi) is 3.34. The maximum absolute atomic E-state index is 4.44. The lowest BCUT2D eigenvalue weighted by Gasteiger charge is -2.21. The molecule has 2 aliphatic heterocycles. The number of rotatable bonds is 2. The molecule has 2 aromatic rings. The van der Waals surface area contributed by atoms with Crippen molar-refractivity contribution in [1.82, 2.24) is 4.98 Å². The summed E-state index contributed by atoms with van der Waals surface area (Å²) in [4.78, 5) is 11.2. The van der Waals surface area contributed by atoms with Gasteiger partial charge in [0.25, 0.3) is 0 Å². The zero-order valence-corrected chi connectivity index (χ0v) is 13.4. The minimum atomic E-state index is 0.372. The maximum Gasteiger partial charge on any atom is 0.0514 e. The summed E-state index contributed by atoms with van der Waals surface area (Å²) < 4.78 is 0. The molecule has 2 aliphatic rings. The Hall–Kier alpha value is -2.68. The largest absolute Gasteiger partial charge is 0.320 e. The van der Waals surface area contributed by atoms with E-state index in [1.54, 1.807) is 0 Å². The lowest BCUT2D eigenvalue weighted by molar-refractivity contribution is 0.814. The Morgan fingerprint density at radius 3 is 2.91 bits per heavy atom. The Bertz CT molecular complexity index is 828. The van der Waals surface area contributed by atoms with Gasteiger partial charge in [0.05, 0.1) is 6.54 Å². The molecule has 23 heavy (non-hydrogen) atoms. The summed E-state index contributed by atoms with van der Waals surface area (Å²) >= 11 is 0. The number of aromatic nitrogens is 1. The van der Waals surface area contributed by atoms with E-state index in [0.717, 1.165) is 17.8 Å². The van der Waals surface area contributed by atoms with Crippen LogP contribution in [0.15, 0.2) is 65.6 Å². The van der Waals surface area contributed by atoms with Crippen molar-refractivity contribution in [3.8, 4) is 0 Å². The minimum absolute atomic E-state index is 0.372. The molecule has 1 aromatic heterocycles. The van der Waals surface area contributed by atoms with Crippen LogP contribution >= 0.6 is 0 Å². The van der Waals surface area contributed by atoms with Gasteiger partial charge in [0, 0.05) is 41.6 Å². The number of benzene rings is 1. The third-order valence-corrected chi connectivity index (χ3v) is 4.54. The van der Waals surface area contributed by atoms with Crippen molar-refractivity contribution in [2.45, 2.75) is 19.8 Å². The van der Waals surface area contributed by atoms with Gasteiger partial charge < -0.3 is 4.90 Å². The van der Waals surface area contributed by atoms with E-state index in [1.165, 1.54) is 22.5 Å². The lowest BCUT2D eigenvalue weighted by Crippen LogP contribution is -2.16. The quantitative estimate of drug-likeness (QED) is 0.826. The standard InChI is InChI=1S/C20H19N3/c1-14(16-8-7-15(2)22-11-16)13-23-19-6-4-3-5-17(19)18-12-21-10-9-20(18)23/h3-11,13,18H,12H2,1-2H3. The summed E-state index contributed by atoms with van der Waals surface area (Å²) in [5.74, 6) is 0.372. The van der Waals surface area contributed by atoms with Crippen molar-refractivity contribution in [2.24, 2.45) is 4.99 Å². The molecule has 0 aliphatic carbocycles. The Labute approximate surface area is 136 Å². The van der Waals surface area contributed by atoms with Gasteiger partial charge in [-0.05, 0) is 48.8 Å². The number of fused-ring (bicyclic) bond motifs is 3. The first-order chi connectivity index (χ1) is 11.2. The van der Waals surface area contributed by atoms with E-state index in [0.29, 0.717) is 5.92 Å². The molecular weight excluding hydrogens is 282 g/mol. The smallest absolute Gasteiger partial charge is 0.0514 e. The molecule has 1 aromatic carbocycles. The number of allylic oxidation sites excluding steroid dienone is 2. The molecule has 0 radical (unpaired) electrons. The molecule has 0 saturated carbocycles. The summed E-state index contributed by atoms with van der Waals surface area (Å²) in [6, 6.07) is 12.8. The molecule has 0 N–H and O–H groups in total. The molecule has 3 heteroatoms. The molecule has 4 rings (SSSR count). The van der Waals surface area contributed by atoms with E-state index in [2.05, 4.69) is 70.5 Å². The number of hydrogen-bond acceptors (Lipinski definition) is 3. The number of hydrogen-bond donors (Lipinski definition) is 0. The van der Waals surface area contributed by atoms with Gasteiger partial charge in [-0.25, -0.2) is 0 Å². The number of para-hydroxylation sites is 1. The van der Waals surface area contributed by atoms with Crippen LogP contribution in [0.5, 0.6) is 0 Å². The highest BCUT2D eigenvalue weighted by Crippen LogP contribution is 2.45. The molecule has 1 atom stereocenters. The third kappa shape index (κ3) is 2.38. The van der Waals surface area contributed by atoms with Crippen LogP contribution in [-0.2, 0) is 0 Å². The van der Waals surface area contributed by atoms with Crippen molar-refractivity contribution in [2.75, 3.05) is 11.4 Å². The normalized spacial score (nSPS) is 19.4. The number of anilines is 1. The van der Waals surface area contributed by atoms with Gasteiger partial charge in [0.2, 0.25) is 0 Å². The van der Waals surface area contributed by atoms with Gasteiger partial charge in [-0.15, -0.1) is 0 Å². The van der Waals surface area contributed by atoms with Gasteiger partial charge in [-0.1, -0.05) is 24.3 Å². The summed E-state index contributed by atoms with van der Waals surface area (Å²) in [6.07, 6.45) is 8.21. The molecular formula is C20H19N3. The summed E-state index contributed by atoms with van der Waals surface area (Å²) in [6.45, 7) is 4.98. The predicted molar refractivity (Wildman–Crippen MR) is 95.7 cm³/mol. The van der Waals surface area contributed by atoms with Crippen LogP contribution in [0.1, 0.15) is 29.7 Å². The van der Waals surface area contributed by atoms with Crippen LogP contribution in [0.2, 0.25) is 0 Å². The van der Waals surface area contributed by atoms with E-state index in [9.17, 15) is 0 Å². The molecule has 3 nitrogen and oxygen atoms in total. The monoisotopic (exact) mass is 301 g/mol. The molecule has 0 spiro atoms. The highest BCUT2D eigenvalue weighted by Gasteiger charge is 2.33. The molecule has 0 amide bonds. The average Bonchev–Trinajstić information content (AvgIpc) is 2.90. The van der Waals surface area contributed by atoms with Gasteiger partial charge in [0.15, 0.2) is 0 Å². The van der Waals surface area contributed by atoms with Gasteiger partial charge in [0.1, 0.15) is 0 Å². The third-order valence-electron chi connectivity index (χ3n) is 4.54. The van der Waals surface area contributed by atoms with Gasteiger partial charge >= 0.3 is 0 Å². The van der Waals surface area contributed by atoms with Crippen LogP contribution in [-0.4, -0.2) is 17.7 Å². The van der Waals surface area contributed by atoms with E-state index in [-0.39, 0.29) is 0 Å². The molecule has 0 bridgehead atoms. The maximum atomic E-state index is 4.44. The predicted octanol–water partition coefficient (Wildman–Crippen LogP) is 4.32. The highest BCUT2D eigenvalue weighted by atomic mass is 15.2.